The largest absolute Gasteiger partial charge is 0.494 e. The molecule has 0 spiro atoms. The molecule has 1 saturated heterocycles. The Morgan fingerprint density at radius 1 is 1.31 bits per heavy atom. The first kappa shape index (κ1) is 22.7. The molecule has 1 fully saturated rings. The quantitative estimate of drug-likeness (QED) is 0.477. The lowest BCUT2D eigenvalue weighted by Crippen LogP contribution is -2.37. The molecule has 1 atom stereocenters. The van der Waals surface area contributed by atoms with Gasteiger partial charge < -0.3 is 19.9 Å². The molecular weight excluding hydrogens is 392 g/mol. The van der Waals surface area contributed by atoms with Crippen molar-refractivity contribution in [2.75, 3.05) is 50.6 Å². The molecule has 0 radical (unpaired) electrons. The maximum Gasteiger partial charge on any atom is 0.267 e. The fraction of sp³-hybridized carbons (Fsp3) is 0.500. The maximum absolute atomic E-state index is 12.6. The summed E-state index contributed by atoms with van der Waals surface area (Å²) in [4.78, 5) is 16.4. The number of carbonyl (C=O) groups excluding carboxylic acids is 1. The third-order valence-electron chi connectivity index (χ3n) is 4.57. The van der Waals surface area contributed by atoms with E-state index in [4.69, 9.17) is 4.74 Å². The van der Waals surface area contributed by atoms with E-state index in [0.29, 0.717) is 37.6 Å². The van der Waals surface area contributed by atoms with Crippen LogP contribution in [0.3, 0.4) is 0 Å². The van der Waals surface area contributed by atoms with Gasteiger partial charge in [0.25, 0.3) is 5.91 Å². The second-order valence-electron chi connectivity index (χ2n) is 7.16. The number of benzene rings is 1. The van der Waals surface area contributed by atoms with Gasteiger partial charge in [-0.25, -0.2) is 8.42 Å². The second kappa shape index (κ2) is 10.3. The predicted octanol–water partition coefficient (Wildman–Crippen LogP) is 1.48. The molecule has 29 heavy (non-hydrogen) atoms. The first-order chi connectivity index (χ1) is 13.7. The minimum atomic E-state index is -3.08. The molecule has 1 aromatic carbocycles. The number of nitrogens with zero attached hydrogens (tertiary/aromatic N) is 3. The Morgan fingerprint density at radius 3 is 2.52 bits per heavy atom. The Bertz CT molecular complexity index is 873. The smallest absolute Gasteiger partial charge is 0.267 e. The summed E-state index contributed by atoms with van der Waals surface area (Å²) in [5, 5.41) is 12.2. The van der Waals surface area contributed by atoms with Crippen molar-refractivity contribution in [1.82, 2.24) is 9.80 Å². The maximum atomic E-state index is 12.6. The molecule has 1 N–H and O–H groups in total. The number of sulfone groups is 1. The van der Waals surface area contributed by atoms with E-state index in [2.05, 4.69) is 5.32 Å². The van der Waals surface area contributed by atoms with Crippen molar-refractivity contribution >= 4 is 21.4 Å². The van der Waals surface area contributed by atoms with Gasteiger partial charge in [-0.15, -0.1) is 0 Å². The van der Waals surface area contributed by atoms with Gasteiger partial charge in [0.1, 0.15) is 17.4 Å². The molecule has 1 unspecified atom stereocenters. The van der Waals surface area contributed by atoms with Crippen molar-refractivity contribution < 1.29 is 17.9 Å². The molecule has 0 aromatic heterocycles. The zero-order chi connectivity index (χ0) is 21.4. The highest BCUT2D eigenvalue weighted by atomic mass is 32.2. The normalized spacial score (nSPS) is 18.3. The number of anilines is 1. The number of nitrogens with one attached hydrogen (secondary N) is 1. The van der Waals surface area contributed by atoms with Crippen LogP contribution in [-0.4, -0.2) is 75.5 Å². The van der Waals surface area contributed by atoms with Crippen LogP contribution in [0.4, 0.5) is 5.69 Å². The molecule has 1 aliphatic heterocycles. The van der Waals surface area contributed by atoms with Gasteiger partial charge >= 0.3 is 0 Å². The van der Waals surface area contributed by atoms with Crippen molar-refractivity contribution in [3.8, 4) is 11.8 Å². The molecule has 158 valence electrons. The van der Waals surface area contributed by atoms with Crippen LogP contribution in [-0.2, 0) is 14.6 Å². The van der Waals surface area contributed by atoms with E-state index in [1.807, 2.05) is 32.0 Å². The Morgan fingerprint density at radius 2 is 2.00 bits per heavy atom. The van der Waals surface area contributed by atoms with E-state index in [9.17, 15) is 18.5 Å². The lowest BCUT2D eigenvalue weighted by molar-refractivity contribution is -0.112. The summed E-state index contributed by atoms with van der Waals surface area (Å²) in [7, 11) is 0.749. The Kier molecular flexibility index (Phi) is 8.05. The van der Waals surface area contributed by atoms with E-state index >= 15 is 0 Å². The minimum Gasteiger partial charge on any atom is -0.494 e. The summed E-state index contributed by atoms with van der Waals surface area (Å²) in [6.07, 6.45) is 1.98. The van der Waals surface area contributed by atoms with Gasteiger partial charge in [0.05, 0.1) is 18.1 Å². The molecule has 1 aromatic rings. The standard InChI is InChI=1S/C20H28N4O4S/c1-4-28-19-7-5-17(6-8-19)22-20(25)16(13-21)14-24(11-10-23(2)3)18-9-12-29(26,27)15-18/h5-8,14,18H,4,9-12,15H2,1-3H3,(H,22,25)/b16-14-. The van der Waals surface area contributed by atoms with Crippen LogP contribution in [0, 0.1) is 11.3 Å². The highest BCUT2D eigenvalue weighted by molar-refractivity contribution is 7.91. The monoisotopic (exact) mass is 420 g/mol. The van der Waals surface area contributed by atoms with Gasteiger partial charge in [-0.2, -0.15) is 5.26 Å². The summed E-state index contributed by atoms with van der Waals surface area (Å²) in [5.74, 6) is 0.326. The lowest BCUT2D eigenvalue weighted by Gasteiger charge is -2.28. The number of likely N-dealkylation sites (N-methyl/N-ethyl adjacent to an activating group) is 1. The molecular formula is C20H28N4O4S. The van der Waals surface area contributed by atoms with Crippen LogP contribution in [0.2, 0.25) is 0 Å². The fourth-order valence-corrected chi connectivity index (χ4v) is 4.75. The van der Waals surface area contributed by atoms with Crippen LogP contribution in [0.25, 0.3) is 0 Å². The van der Waals surface area contributed by atoms with Gasteiger partial charge in [0, 0.05) is 31.0 Å². The zero-order valence-corrected chi connectivity index (χ0v) is 17.9. The molecule has 1 amide bonds. The highest BCUT2D eigenvalue weighted by Gasteiger charge is 2.31. The molecule has 1 heterocycles. The number of nitriles is 1. The van der Waals surface area contributed by atoms with Crippen LogP contribution >= 0.6 is 0 Å². The van der Waals surface area contributed by atoms with Gasteiger partial charge in [0.15, 0.2) is 9.84 Å². The SMILES string of the molecule is CCOc1ccc(NC(=O)/C(C#N)=C\N(CCN(C)C)C2CCS(=O)(=O)C2)cc1. The van der Waals surface area contributed by atoms with Crippen molar-refractivity contribution in [3.05, 3.63) is 36.0 Å². The van der Waals surface area contributed by atoms with E-state index in [1.165, 1.54) is 6.20 Å². The first-order valence-corrected chi connectivity index (χ1v) is 11.3. The Hall–Kier alpha value is -2.57. The number of carbonyl (C=O) groups is 1. The van der Waals surface area contributed by atoms with Crippen LogP contribution in [0.1, 0.15) is 13.3 Å². The molecule has 8 nitrogen and oxygen atoms in total. The van der Waals surface area contributed by atoms with Gasteiger partial charge in [-0.1, -0.05) is 0 Å². The Balaban J connectivity index is 2.15. The summed E-state index contributed by atoms with van der Waals surface area (Å²) < 4.78 is 29.1. The summed E-state index contributed by atoms with van der Waals surface area (Å²) in [6.45, 7) is 3.63. The number of hydrogen-bond donors (Lipinski definition) is 1. The average Bonchev–Trinajstić information content (AvgIpc) is 3.03. The van der Waals surface area contributed by atoms with Crippen LogP contribution < -0.4 is 10.1 Å². The number of ether oxygens (including phenoxy) is 1. The first-order valence-electron chi connectivity index (χ1n) is 9.51. The van der Waals surface area contributed by atoms with Crippen molar-refractivity contribution in [1.29, 1.82) is 5.26 Å². The predicted molar refractivity (Wildman–Crippen MR) is 112 cm³/mol. The molecule has 1 aliphatic rings. The summed E-state index contributed by atoms with van der Waals surface area (Å²) in [6, 6.07) is 8.58. The van der Waals surface area contributed by atoms with Gasteiger partial charge in [-0.3, -0.25) is 4.79 Å². The third kappa shape index (κ3) is 7.07. The summed E-state index contributed by atoms with van der Waals surface area (Å²) in [5.41, 5.74) is 0.477. The van der Waals surface area contributed by atoms with Crippen molar-refractivity contribution in [2.24, 2.45) is 0 Å². The third-order valence-corrected chi connectivity index (χ3v) is 6.32. The van der Waals surface area contributed by atoms with Crippen molar-refractivity contribution in [2.45, 2.75) is 19.4 Å². The van der Waals surface area contributed by atoms with Crippen molar-refractivity contribution in [3.63, 3.8) is 0 Å². The molecule has 0 bridgehead atoms. The Labute approximate surface area is 172 Å². The van der Waals surface area contributed by atoms with E-state index < -0.39 is 15.7 Å². The van der Waals surface area contributed by atoms with Crippen LogP contribution in [0.5, 0.6) is 5.75 Å². The fourth-order valence-electron chi connectivity index (χ4n) is 3.01. The number of amides is 1. The minimum absolute atomic E-state index is 0.0378. The van der Waals surface area contributed by atoms with Gasteiger partial charge in [0.2, 0.25) is 0 Å². The average molecular weight is 421 g/mol. The number of hydrogen-bond acceptors (Lipinski definition) is 7. The van der Waals surface area contributed by atoms with Gasteiger partial charge in [-0.05, 0) is 51.7 Å². The number of rotatable bonds is 9. The topological polar surface area (TPSA) is 103 Å². The molecule has 0 saturated carbocycles. The van der Waals surface area contributed by atoms with Crippen LogP contribution in [0.15, 0.2) is 36.0 Å². The summed E-state index contributed by atoms with van der Waals surface area (Å²) >= 11 is 0. The second-order valence-corrected chi connectivity index (χ2v) is 9.39. The van der Waals surface area contributed by atoms with E-state index in [1.54, 1.807) is 29.2 Å². The zero-order valence-electron chi connectivity index (χ0n) is 17.1. The molecule has 0 aliphatic carbocycles. The highest BCUT2D eigenvalue weighted by Crippen LogP contribution is 2.20. The lowest BCUT2D eigenvalue weighted by atomic mass is 10.2. The van der Waals surface area contributed by atoms with E-state index in [-0.39, 0.29) is 23.1 Å². The molecule has 2 rings (SSSR count). The van der Waals surface area contributed by atoms with E-state index in [0.717, 1.165) is 0 Å². The molecule has 9 heteroatoms.